The summed E-state index contributed by atoms with van der Waals surface area (Å²) < 4.78 is 0. The van der Waals surface area contributed by atoms with Crippen molar-refractivity contribution < 1.29 is 0 Å². The molecule has 0 saturated heterocycles. The lowest BCUT2D eigenvalue weighted by molar-refractivity contribution is 0.852. The van der Waals surface area contributed by atoms with Gasteiger partial charge in [0, 0.05) is 0 Å². The molecule has 0 aromatic rings. The average molecular weight is 129 g/mol. The zero-order chi connectivity index (χ0) is 7.28. The monoisotopic (exact) mass is 129 g/mol. The summed E-state index contributed by atoms with van der Waals surface area (Å²) in [5.41, 5.74) is 12.5. The van der Waals surface area contributed by atoms with Crippen LogP contribution in [-0.4, -0.2) is 12.1 Å². The van der Waals surface area contributed by atoms with Gasteiger partial charge in [-0.3, -0.25) is 5.43 Å². The first-order chi connectivity index (χ1) is 4.20. The van der Waals surface area contributed by atoms with Crippen molar-refractivity contribution in [3.8, 4) is 0 Å². The van der Waals surface area contributed by atoms with Gasteiger partial charge in [0.1, 0.15) is 6.17 Å². The van der Waals surface area contributed by atoms with E-state index >= 15 is 0 Å². The Morgan fingerprint density at radius 2 is 2.33 bits per heavy atom. The van der Waals surface area contributed by atoms with Gasteiger partial charge < -0.3 is 11.5 Å². The first-order valence-electron chi connectivity index (χ1n) is 2.38. The van der Waals surface area contributed by atoms with Crippen molar-refractivity contribution in [2.24, 2.45) is 22.3 Å². The fourth-order valence-electron chi connectivity index (χ4n) is 0.251. The van der Waals surface area contributed by atoms with E-state index in [0.29, 0.717) is 0 Å². The Bertz CT molecular complexity index is 118. The summed E-state index contributed by atoms with van der Waals surface area (Å²) in [7, 11) is 0. The van der Waals surface area contributed by atoms with Crippen molar-refractivity contribution in [1.82, 2.24) is 5.43 Å². The van der Waals surface area contributed by atoms with Crippen LogP contribution in [0.1, 0.15) is 0 Å². The Balaban J connectivity index is 3.78. The predicted octanol–water partition coefficient (Wildman–Crippen LogP) is -1.76. The molecule has 0 radical (unpaired) electrons. The van der Waals surface area contributed by atoms with E-state index in [1.54, 1.807) is 0 Å². The largest absolute Gasteiger partial charge is 0.369 e. The topological polar surface area (TPSA) is 102 Å². The number of hydrogen-bond acceptors (Lipinski definition) is 3. The molecule has 52 valence electrons. The Labute approximate surface area is 53.6 Å². The lowest BCUT2D eigenvalue weighted by Crippen LogP contribution is -2.38. The molecule has 0 aliphatic rings. The minimum atomic E-state index is -0.485. The van der Waals surface area contributed by atoms with Crippen molar-refractivity contribution in [2.45, 2.75) is 6.17 Å². The van der Waals surface area contributed by atoms with Crippen LogP contribution in [0.3, 0.4) is 0 Å². The van der Waals surface area contributed by atoms with Gasteiger partial charge in [-0.15, -0.1) is 0 Å². The zero-order valence-corrected chi connectivity index (χ0v) is 5.04. The number of nitrogens with one attached hydrogen (secondary N) is 1. The fourth-order valence-corrected chi connectivity index (χ4v) is 0.251. The average Bonchev–Trinajstić information content (AvgIpc) is 1.87. The summed E-state index contributed by atoms with van der Waals surface area (Å²) in [6.07, 6.45) is 0.963. The van der Waals surface area contributed by atoms with Crippen LogP contribution in [0.15, 0.2) is 17.6 Å². The van der Waals surface area contributed by atoms with Gasteiger partial charge in [-0.1, -0.05) is 12.7 Å². The van der Waals surface area contributed by atoms with Gasteiger partial charge in [0.2, 0.25) is 5.96 Å². The molecule has 0 aromatic heterocycles. The molecule has 9 heavy (non-hydrogen) atoms. The van der Waals surface area contributed by atoms with E-state index in [-0.39, 0.29) is 5.96 Å². The normalized spacial score (nSPS) is 14.7. The summed E-state index contributed by atoms with van der Waals surface area (Å²) in [6.45, 7) is 3.39. The van der Waals surface area contributed by atoms with Gasteiger partial charge in [-0.2, -0.15) is 0 Å². The van der Waals surface area contributed by atoms with Crippen molar-refractivity contribution >= 4 is 5.96 Å². The number of nitrogens with zero attached hydrogens (tertiary/aromatic N) is 1. The molecule has 0 heterocycles. The Hall–Kier alpha value is -1.07. The van der Waals surface area contributed by atoms with E-state index in [4.69, 9.17) is 17.3 Å². The highest BCUT2D eigenvalue weighted by atomic mass is 15.3. The summed E-state index contributed by atoms with van der Waals surface area (Å²) >= 11 is 0. The van der Waals surface area contributed by atoms with Crippen LogP contribution < -0.4 is 22.7 Å². The van der Waals surface area contributed by atoms with Gasteiger partial charge >= 0.3 is 0 Å². The molecule has 0 rings (SSSR count). The van der Waals surface area contributed by atoms with Crippen LogP contribution in [0.2, 0.25) is 0 Å². The van der Waals surface area contributed by atoms with Crippen molar-refractivity contribution in [3.05, 3.63) is 12.7 Å². The number of rotatable bonds is 2. The predicted molar refractivity (Wildman–Crippen MR) is 37.1 cm³/mol. The summed E-state index contributed by atoms with van der Waals surface area (Å²) in [5.74, 6) is 4.98. The highest BCUT2D eigenvalue weighted by Gasteiger charge is 1.90. The third-order valence-electron chi connectivity index (χ3n) is 0.678. The number of hydrazine groups is 1. The molecule has 1 atom stereocenters. The Kier molecular flexibility index (Phi) is 3.41. The molecule has 0 amide bonds. The number of hydrogen-bond donors (Lipinski definition) is 4. The highest BCUT2D eigenvalue weighted by molar-refractivity contribution is 5.77. The quantitative estimate of drug-likeness (QED) is 0.116. The van der Waals surface area contributed by atoms with Crippen LogP contribution in [0.4, 0.5) is 0 Å². The number of guanidine groups is 1. The lowest BCUT2D eigenvalue weighted by Gasteiger charge is -2.00. The Morgan fingerprint density at radius 1 is 1.78 bits per heavy atom. The first-order valence-corrected chi connectivity index (χ1v) is 2.38. The second kappa shape index (κ2) is 3.88. The van der Waals surface area contributed by atoms with E-state index in [2.05, 4.69) is 17.0 Å². The Morgan fingerprint density at radius 3 is 2.67 bits per heavy atom. The molecule has 0 saturated carbocycles. The van der Waals surface area contributed by atoms with E-state index < -0.39 is 6.17 Å². The minimum Gasteiger partial charge on any atom is -0.369 e. The summed E-state index contributed by atoms with van der Waals surface area (Å²) in [6, 6.07) is 0. The maximum atomic E-state index is 5.27. The van der Waals surface area contributed by atoms with Gasteiger partial charge in [0.15, 0.2) is 0 Å². The lowest BCUT2D eigenvalue weighted by atomic mass is 10.5. The highest BCUT2D eigenvalue weighted by Crippen LogP contribution is 1.77. The summed E-state index contributed by atoms with van der Waals surface area (Å²) in [5, 5.41) is 0. The molecule has 0 bridgehead atoms. The SMILES string of the molecule is C=CC(N)N=C(N)NN. The van der Waals surface area contributed by atoms with Crippen LogP contribution in [0.5, 0.6) is 0 Å². The zero-order valence-electron chi connectivity index (χ0n) is 5.04. The van der Waals surface area contributed by atoms with E-state index in [1.165, 1.54) is 6.08 Å². The fraction of sp³-hybridized carbons (Fsp3) is 0.250. The van der Waals surface area contributed by atoms with Gasteiger partial charge in [0.05, 0.1) is 0 Å². The van der Waals surface area contributed by atoms with Crippen molar-refractivity contribution in [2.75, 3.05) is 0 Å². The number of aliphatic imine (C=N–C) groups is 1. The molecular formula is C4H11N5. The van der Waals surface area contributed by atoms with Crippen molar-refractivity contribution in [1.29, 1.82) is 0 Å². The first kappa shape index (κ1) is 7.93. The van der Waals surface area contributed by atoms with Gasteiger partial charge in [-0.05, 0) is 0 Å². The molecule has 0 aliphatic carbocycles. The third-order valence-corrected chi connectivity index (χ3v) is 0.678. The number of nitrogens with two attached hydrogens (primary N) is 3. The molecule has 5 heteroatoms. The minimum absolute atomic E-state index is 0.0994. The smallest absolute Gasteiger partial charge is 0.204 e. The molecule has 0 aromatic carbocycles. The molecule has 0 aliphatic heterocycles. The molecule has 7 N–H and O–H groups in total. The standard InChI is InChI=1S/C4H11N5/c1-2-3(5)8-4(6)9-7/h2-3H,1,5,7H2,(H3,6,8,9). The molecule has 0 spiro atoms. The maximum Gasteiger partial charge on any atom is 0.204 e. The second-order valence-electron chi connectivity index (χ2n) is 1.38. The van der Waals surface area contributed by atoms with E-state index in [1.807, 2.05) is 0 Å². The van der Waals surface area contributed by atoms with Crippen molar-refractivity contribution in [3.63, 3.8) is 0 Å². The third kappa shape index (κ3) is 3.51. The van der Waals surface area contributed by atoms with Gasteiger partial charge in [0.25, 0.3) is 0 Å². The molecule has 0 fully saturated rings. The van der Waals surface area contributed by atoms with Crippen LogP contribution >= 0.6 is 0 Å². The van der Waals surface area contributed by atoms with Gasteiger partial charge in [-0.25, -0.2) is 10.8 Å². The van der Waals surface area contributed by atoms with E-state index in [0.717, 1.165) is 0 Å². The molecule has 5 nitrogen and oxygen atoms in total. The maximum absolute atomic E-state index is 5.27. The second-order valence-corrected chi connectivity index (χ2v) is 1.38. The van der Waals surface area contributed by atoms with Crippen LogP contribution in [0, 0.1) is 0 Å². The molecule has 1 unspecified atom stereocenters. The molecular weight excluding hydrogens is 118 g/mol. The van der Waals surface area contributed by atoms with E-state index in [9.17, 15) is 0 Å². The van der Waals surface area contributed by atoms with Crippen LogP contribution in [-0.2, 0) is 0 Å². The summed E-state index contributed by atoms with van der Waals surface area (Å²) in [4.78, 5) is 3.63. The van der Waals surface area contributed by atoms with Crippen LogP contribution in [0.25, 0.3) is 0 Å².